The minimum atomic E-state index is -1.28. The number of rotatable bonds is 3. The number of aliphatic hydroxyl groups is 1. The number of nitrogens with one attached hydrogen (secondary N) is 2. The van der Waals surface area contributed by atoms with Gasteiger partial charge in [0.15, 0.2) is 6.04 Å². The highest BCUT2D eigenvalue weighted by atomic mass is 16.5. The van der Waals surface area contributed by atoms with Crippen LogP contribution in [0.2, 0.25) is 0 Å². The number of carbonyl (C=O) groups excluding carboxylic acids is 1. The maximum absolute atomic E-state index is 12.5. The minimum Gasteiger partial charge on any atom is -0.391 e. The number of fused-ring (bicyclic) bond motifs is 1. The molecule has 0 saturated heterocycles. The summed E-state index contributed by atoms with van der Waals surface area (Å²) < 4.78 is 0.995. The second-order valence-electron chi connectivity index (χ2n) is 5.82. The van der Waals surface area contributed by atoms with E-state index in [-0.39, 0.29) is 0 Å². The number of hydrogen-bond acceptors (Lipinski definition) is 4. The smallest absolute Gasteiger partial charge is 0.275 e. The van der Waals surface area contributed by atoms with Crippen LogP contribution < -0.4 is 11.0 Å². The second-order valence-corrected chi connectivity index (χ2v) is 5.82. The molecule has 3 rings (SSSR count). The van der Waals surface area contributed by atoms with Gasteiger partial charge in [-0.1, -0.05) is 30.0 Å². The number of hydrogen-bond donors (Lipinski definition) is 4. The molecule has 0 spiro atoms. The van der Waals surface area contributed by atoms with Crippen LogP contribution in [-0.2, 0) is 4.79 Å². The summed E-state index contributed by atoms with van der Waals surface area (Å²) in [6, 6.07) is 13.2. The van der Waals surface area contributed by atoms with E-state index in [0.717, 1.165) is 10.2 Å². The van der Waals surface area contributed by atoms with E-state index >= 15 is 0 Å². The highest BCUT2D eigenvalue weighted by Crippen LogP contribution is 2.15. The van der Waals surface area contributed by atoms with Gasteiger partial charge in [-0.2, -0.15) is 0 Å². The van der Waals surface area contributed by atoms with E-state index in [1.807, 2.05) is 30.3 Å². The Balaban J connectivity index is 2.03. The van der Waals surface area contributed by atoms with Crippen LogP contribution in [0.3, 0.4) is 0 Å². The molecule has 1 aromatic heterocycles. The first-order valence-electron chi connectivity index (χ1n) is 7.94. The molecule has 132 valence electrons. The van der Waals surface area contributed by atoms with Crippen molar-refractivity contribution >= 4 is 16.8 Å². The summed E-state index contributed by atoms with van der Waals surface area (Å²) in [6.45, 7) is 1.36. The van der Waals surface area contributed by atoms with Gasteiger partial charge in [0.2, 0.25) is 0 Å². The Morgan fingerprint density at radius 1 is 1.15 bits per heavy atom. The molecule has 0 aliphatic heterocycles. The van der Waals surface area contributed by atoms with Crippen molar-refractivity contribution in [1.82, 2.24) is 15.3 Å². The first-order chi connectivity index (χ1) is 12.5. The molecule has 0 aliphatic rings. The zero-order chi connectivity index (χ0) is 18.7. The number of amides is 1. The van der Waals surface area contributed by atoms with Gasteiger partial charge in [0.05, 0.1) is 17.0 Å². The van der Waals surface area contributed by atoms with E-state index < -0.39 is 23.6 Å². The zero-order valence-electron chi connectivity index (χ0n) is 13.9. The Labute approximate surface area is 148 Å². The Kier molecular flexibility index (Phi) is 4.89. The Bertz CT molecular complexity index is 1060. The van der Waals surface area contributed by atoms with Crippen LogP contribution in [0.1, 0.15) is 24.1 Å². The molecule has 0 saturated carbocycles. The highest BCUT2D eigenvalue weighted by molar-refractivity contribution is 5.82. The Hall–Kier alpha value is -3.34. The van der Waals surface area contributed by atoms with E-state index in [9.17, 15) is 14.7 Å². The maximum atomic E-state index is 12.5. The first-order valence-corrected chi connectivity index (χ1v) is 7.94. The van der Waals surface area contributed by atoms with E-state index in [1.54, 1.807) is 18.2 Å². The third-order valence-corrected chi connectivity index (χ3v) is 3.95. The molecule has 0 bridgehead atoms. The van der Waals surface area contributed by atoms with E-state index in [1.165, 1.54) is 12.4 Å². The molecular weight excluding hydrogens is 334 g/mol. The summed E-state index contributed by atoms with van der Waals surface area (Å²) in [6.07, 6.45) is -1.19. The molecule has 0 aliphatic carbocycles. The lowest BCUT2D eigenvalue weighted by molar-refractivity contribution is -0.136. The summed E-state index contributed by atoms with van der Waals surface area (Å²) in [5.41, 5.74) is 3.03. The van der Waals surface area contributed by atoms with Gasteiger partial charge in [0.25, 0.3) is 11.5 Å². The maximum Gasteiger partial charge on any atom is 0.275 e. The fourth-order valence-electron chi connectivity index (χ4n) is 2.69. The molecule has 1 amide bonds. The summed E-state index contributed by atoms with van der Waals surface area (Å²) in [5.74, 6) is 5.16. The van der Waals surface area contributed by atoms with Crippen LogP contribution in [0, 0.1) is 11.8 Å². The van der Waals surface area contributed by atoms with Crippen molar-refractivity contribution in [3.63, 3.8) is 0 Å². The normalized spacial score (nSPS) is 12.9. The van der Waals surface area contributed by atoms with Gasteiger partial charge >= 0.3 is 0 Å². The predicted octanol–water partition coefficient (Wildman–Crippen LogP) is 1.16. The average molecular weight is 351 g/mol. The summed E-state index contributed by atoms with van der Waals surface area (Å²) in [5, 5.41) is 21.8. The van der Waals surface area contributed by atoms with Gasteiger partial charge in [-0.15, -0.1) is 0 Å². The molecule has 0 fully saturated rings. The number of H-pyrrole nitrogens is 1. The standard InChI is InChI=1S/C19H17N3O4/c1-12(23)17(18(24)21-26)22-19(25)15-10-9-14(11-16(15)20-22)8-7-13-5-3-2-4-6-13/h2-6,9-12,17,20,23,26H,1H3,(H,21,24)/t12?,17-/m0/s1. The molecule has 1 unspecified atom stereocenters. The molecule has 2 aromatic carbocycles. The van der Waals surface area contributed by atoms with Crippen molar-refractivity contribution < 1.29 is 15.1 Å². The lowest BCUT2D eigenvalue weighted by Crippen LogP contribution is -2.41. The fourth-order valence-corrected chi connectivity index (χ4v) is 2.69. The lowest BCUT2D eigenvalue weighted by Gasteiger charge is -2.17. The number of benzene rings is 2. The molecule has 26 heavy (non-hydrogen) atoms. The van der Waals surface area contributed by atoms with Crippen molar-refractivity contribution in [2.75, 3.05) is 0 Å². The van der Waals surface area contributed by atoms with Crippen LogP contribution in [0.25, 0.3) is 10.9 Å². The van der Waals surface area contributed by atoms with Gasteiger partial charge in [0.1, 0.15) is 0 Å². The van der Waals surface area contributed by atoms with Gasteiger partial charge in [-0.3, -0.25) is 19.9 Å². The molecule has 7 heteroatoms. The second kappa shape index (κ2) is 7.27. The number of aliphatic hydroxyl groups excluding tert-OH is 1. The molecule has 7 nitrogen and oxygen atoms in total. The highest BCUT2D eigenvalue weighted by Gasteiger charge is 2.28. The minimum absolute atomic E-state index is 0.353. The van der Waals surface area contributed by atoms with Crippen LogP contribution >= 0.6 is 0 Å². The number of carbonyl (C=O) groups is 1. The molecule has 4 N–H and O–H groups in total. The Morgan fingerprint density at radius 3 is 2.50 bits per heavy atom. The van der Waals surface area contributed by atoms with Crippen molar-refractivity contribution in [3.05, 3.63) is 70.0 Å². The van der Waals surface area contributed by atoms with E-state index in [4.69, 9.17) is 5.21 Å². The third-order valence-electron chi connectivity index (χ3n) is 3.95. The van der Waals surface area contributed by atoms with Crippen molar-refractivity contribution in [2.24, 2.45) is 0 Å². The van der Waals surface area contributed by atoms with Crippen molar-refractivity contribution in [1.29, 1.82) is 0 Å². The largest absolute Gasteiger partial charge is 0.391 e. The van der Waals surface area contributed by atoms with Crippen LogP contribution in [-0.4, -0.2) is 32.1 Å². The SMILES string of the molecule is CC(O)[C@@H](C(=O)NO)n1[nH]c2cc(C#Cc3ccccc3)ccc2c1=O. The van der Waals surface area contributed by atoms with E-state index in [0.29, 0.717) is 16.5 Å². The molecule has 3 aromatic rings. The number of aromatic amines is 1. The number of nitrogens with zero attached hydrogens (tertiary/aromatic N) is 1. The number of hydroxylamine groups is 1. The predicted molar refractivity (Wildman–Crippen MR) is 95.6 cm³/mol. The molecule has 2 atom stereocenters. The summed E-state index contributed by atoms with van der Waals surface area (Å²) >= 11 is 0. The molecule has 0 radical (unpaired) electrons. The van der Waals surface area contributed by atoms with Crippen molar-refractivity contribution in [3.8, 4) is 11.8 Å². The van der Waals surface area contributed by atoms with Gasteiger partial charge in [0, 0.05) is 11.1 Å². The van der Waals surface area contributed by atoms with Crippen LogP contribution in [0.5, 0.6) is 0 Å². The number of aromatic nitrogens is 2. The monoisotopic (exact) mass is 351 g/mol. The Morgan fingerprint density at radius 2 is 1.85 bits per heavy atom. The van der Waals surface area contributed by atoms with E-state index in [2.05, 4.69) is 16.9 Å². The zero-order valence-corrected chi connectivity index (χ0v) is 13.9. The fraction of sp³-hybridized carbons (Fsp3) is 0.158. The summed E-state index contributed by atoms with van der Waals surface area (Å²) in [4.78, 5) is 24.3. The molecular formula is C19H17N3O4. The average Bonchev–Trinajstić information content (AvgIpc) is 2.96. The van der Waals surface area contributed by atoms with Crippen LogP contribution in [0.4, 0.5) is 0 Å². The quantitative estimate of drug-likeness (QED) is 0.323. The van der Waals surface area contributed by atoms with Gasteiger partial charge in [-0.25, -0.2) is 10.2 Å². The topological polar surface area (TPSA) is 107 Å². The lowest BCUT2D eigenvalue weighted by atomic mass is 10.1. The van der Waals surface area contributed by atoms with Gasteiger partial charge in [-0.05, 0) is 37.3 Å². The third kappa shape index (κ3) is 3.37. The van der Waals surface area contributed by atoms with Crippen LogP contribution in [0.15, 0.2) is 53.3 Å². The van der Waals surface area contributed by atoms with Gasteiger partial charge < -0.3 is 5.11 Å². The van der Waals surface area contributed by atoms with Crippen molar-refractivity contribution in [2.45, 2.75) is 19.1 Å². The summed E-state index contributed by atoms with van der Waals surface area (Å²) in [7, 11) is 0. The molecule has 1 heterocycles. The first kappa shape index (κ1) is 17.5.